The number of nitrogens with zero attached hydrogens (tertiary/aromatic N) is 4. The fourth-order valence-corrected chi connectivity index (χ4v) is 2.03. The lowest BCUT2D eigenvalue weighted by Gasteiger charge is -2.04. The molecule has 1 aromatic heterocycles. The monoisotopic (exact) mass is 303 g/mol. The van der Waals surface area contributed by atoms with Gasteiger partial charge in [-0.2, -0.15) is 4.80 Å². The Morgan fingerprint density at radius 1 is 1.17 bits per heavy atom. The lowest BCUT2D eigenvalue weighted by Crippen LogP contribution is -2.20. The highest BCUT2D eigenvalue weighted by Crippen LogP contribution is 2.12. The third kappa shape index (κ3) is 3.60. The SMILES string of the molecule is C#Cc1cccc(NC(=O)Cn2nnc(-c3ccccc3)n2)c1. The molecule has 0 unspecified atom stereocenters. The summed E-state index contributed by atoms with van der Waals surface area (Å²) in [7, 11) is 0. The summed E-state index contributed by atoms with van der Waals surface area (Å²) in [5.74, 6) is 2.75. The van der Waals surface area contributed by atoms with Crippen LogP contribution in [-0.2, 0) is 11.3 Å². The Morgan fingerprint density at radius 2 is 2.00 bits per heavy atom. The predicted octanol–water partition coefficient (Wildman–Crippen LogP) is 1.96. The Bertz CT molecular complexity index is 864. The molecule has 0 atom stereocenters. The van der Waals surface area contributed by atoms with Gasteiger partial charge in [-0.15, -0.1) is 16.6 Å². The van der Waals surface area contributed by atoms with Crippen molar-refractivity contribution in [3.8, 4) is 23.7 Å². The van der Waals surface area contributed by atoms with Crippen molar-refractivity contribution in [3.05, 3.63) is 60.2 Å². The van der Waals surface area contributed by atoms with Gasteiger partial charge in [0.1, 0.15) is 6.54 Å². The second-order valence-corrected chi connectivity index (χ2v) is 4.78. The van der Waals surface area contributed by atoms with Crippen LogP contribution in [0.15, 0.2) is 54.6 Å². The zero-order chi connectivity index (χ0) is 16.1. The van der Waals surface area contributed by atoms with Crippen LogP contribution in [0.3, 0.4) is 0 Å². The van der Waals surface area contributed by atoms with Crippen LogP contribution in [0.5, 0.6) is 0 Å². The molecule has 1 heterocycles. The summed E-state index contributed by atoms with van der Waals surface area (Å²) in [5.41, 5.74) is 2.18. The maximum absolute atomic E-state index is 12.0. The number of hydrogen-bond acceptors (Lipinski definition) is 4. The lowest BCUT2D eigenvalue weighted by atomic mass is 10.2. The maximum Gasteiger partial charge on any atom is 0.248 e. The molecule has 0 spiro atoms. The van der Waals surface area contributed by atoms with Crippen LogP contribution in [0.2, 0.25) is 0 Å². The molecule has 23 heavy (non-hydrogen) atoms. The molecule has 6 nitrogen and oxygen atoms in total. The van der Waals surface area contributed by atoms with E-state index >= 15 is 0 Å². The number of aromatic nitrogens is 4. The average Bonchev–Trinajstić information content (AvgIpc) is 3.04. The first-order valence-electron chi connectivity index (χ1n) is 6.94. The van der Waals surface area contributed by atoms with Crippen LogP contribution in [0.1, 0.15) is 5.56 Å². The summed E-state index contributed by atoms with van der Waals surface area (Å²) in [4.78, 5) is 13.3. The predicted molar refractivity (Wildman–Crippen MR) is 86.3 cm³/mol. The molecule has 0 radical (unpaired) electrons. The number of benzene rings is 2. The first-order valence-corrected chi connectivity index (χ1v) is 6.94. The number of terminal acetylenes is 1. The standard InChI is InChI=1S/C17H13N5O/c1-2-13-7-6-10-15(11-13)18-16(23)12-22-20-17(19-21-22)14-8-4-3-5-9-14/h1,3-11H,12H2,(H,18,23). The van der Waals surface area contributed by atoms with Gasteiger partial charge in [-0.1, -0.05) is 42.3 Å². The second-order valence-electron chi connectivity index (χ2n) is 4.78. The summed E-state index contributed by atoms with van der Waals surface area (Å²) >= 11 is 0. The van der Waals surface area contributed by atoms with Crippen molar-refractivity contribution in [2.24, 2.45) is 0 Å². The van der Waals surface area contributed by atoms with Crippen LogP contribution in [0, 0.1) is 12.3 Å². The summed E-state index contributed by atoms with van der Waals surface area (Å²) in [6.45, 7) is -0.0277. The van der Waals surface area contributed by atoms with E-state index in [2.05, 4.69) is 26.6 Å². The molecule has 0 saturated carbocycles. The van der Waals surface area contributed by atoms with Gasteiger partial charge in [0.15, 0.2) is 0 Å². The van der Waals surface area contributed by atoms with Crippen molar-refractivity contribution in [2.75, 3.05) is 5.32 Å². The number of hydrogen-bond donors (Lipinski definition) is 1. The number of carbonyl (C=O) groups is 1. The average molecular weight is 303 g/mol. The van der Waals surface area contributed by atoms with Gasteiger partial charge >= 0.3 is 0 Å². The number of anilines is 1. The van der Waals surface area contributed by atoms with Gasteiger partial charge in [0, 0.05) is 16.8 Å². The van der Waals surface area contributed by atoms with Gasteiger partial charge in [-0.3, -0.25) is 4.79 Å². The smallest absolute Gasteiger partial charge is 0.248 e. The van der Waals surface area contributed by atoms with Gasteiger partial charge < -0.3 is 5.32 Å². The molecule has 0 saturated heterocycles. The van der Waals surface area contributed by atoms with Crippen LogP contribution in [0.4, 0.5) is 5.69 Å². The van der Waals surface area contributed by atoms with E-state index in [-0.39, 0.29) is 12.5 Å². The van der Waals surface area contributed by atoms with E-state index in [1.807, 2.05) is 30.3 Å². The highest BCUT2D eigenvalue weighted by atomic mass is 16.2. The highest BCUT2D eigenvalue weighted by molar-refractivity contribution is 5.90. The quantitative estimate of drug-likeness (QED) is 0.748. The molecule has 0 bridgehead atoms. The van der Waals surface area contributed by atoms with Gasteiger partial charge in [0.2, 0.25) is 11.7 Å². The Balaban J connectivity index is 1.67. The number of nitrogens with one attached hydrogen (secondary N) is 1. The zero-order valence-corrected chi connectivity index (χ0v) is 12.2. The van der Waals surface area contributed by atoms with Crippen molar-refractivity contribution < 1.29 is 4.79 Å². The summed E-state index contributed by atoms with van der Waals surface area (Å²) in [6, 6.07) is 16.5. The molecule has 6 heteroatoms. The van der Waals surface area contributed by atoms with Crippen molar-refractivity contribution in [3.63, 3.8) is 0 Å². The fourth-order valence-electron chi connectivity index (χ4n) is 2.03. The molecule has 0 aliphatic rings. The fraction of sp³-hybridized carbons (Fsp3) is 0.0588. The van der Waals surface area contributed by atoms with E-state index in [1.165, 1.54) is 4.80 Å². The minimum Gasteiger partial charge on any atom is -0.324 e. The number of rotatable bonds is 4. The normalized spacial score (nSPS) is 10.0. The van der Waals surface area contributed by atoms with Gasteiger partial charge in [0.05, 0.1) is 0 Å². The minimum atomic E-state index is -0.254. The first kappa shape index (κ1) is 14.5. The number of carbonyl (C=O) groups excluding carboxylic acids is 1. The molecule has 3 rings (SSSR count). The Morgan fingerprint density at radius 3 is 2.78 bits per heavy atom. The van der Waals surface area contributed by atoms with Crippen molar-refractivity contribution in [1.82, 2.24) is 20.2 Å². The van der Waals surface area contributed by atoms with E-state index < -0.39 is 0 Å². The molecular weight excluding hydrogens is 290 g/mol. The van der Waals surface area contributed by atoms with Crippen LogP contribution < -0.4 is 5.32 Å². The van der Waals surface area contributed by atoms with E-state index in [4.69, 9.17) is 6.42 Å². The largest absolute Gasteiger partial charge is 0.324 e. The molecule has 3 aromatic rings. The van der Waals surface area contributed by atoms with Crippen LogP contribution in [0.25, 0.3) is 11.4 Å². The number of tetrazole rings is 1. The third-order valence-corrected chi connectivity index (χ3v) is 3.08. The van der Waals surface area contributed by atoms with Crippen molar-refractivity contribution in [2.45, 2.75) is 6.54 Å². The topological polar surface area (TPSA) is 72.7 Å². The maximum atomic E-state index is 12.0. The van der Waals surface area contributed by atoms with Gasteiger partial charge in [-0.05, 0) is 23.4 Å². The second kappa shape index (κ2) is 6.54. The molecule has 0 aliphatic carbocycles. The Labute approximate surface area is 133 Å². The molecule has 1 amide bonds. The van der Waals surface area contributed by atoms with Gasteiger partial charge in [-0.25, -0.2) is 0 Å². The van der Waals surface area contributed by atoms with E-state index in [1.54, 1.807) is 24.3 Å². The van der Waals surface area contributed by atoms with Crippen LogP contribution >= 0.6 is 0 Å². The highest BCUT2D eigenvalue weighted by Gasteiger charge is 2.09. The third-order valence-electron chi connectivity index (χ3n) is 3.08. The molecule has 0 fully saturated rings. The minimum absolute atomic E-state index is 0.0277. The van der Waals surface area contributed by atoms with Crippen molar-refractivity contribution in [1.29, 1.82) is 0 Å². The summed E-state index contributed by atoms with van der Waals surface area (Å²) in [5, 5.41) is 14.8. The van der Waals surface area contributed by atoms with Crippen LogP contribution in [-0.4, -0.2) is 26.1 Å². The van der Waals surface area contributed by atoms with E-state index in [0.717, 1.165) is 5.56 Å². The first-order chi connectivity index (χ1) is 11.2. The zero-order valence-electron chi connectivity index (χ0n) is 12.2. The van der Waals surface area contributed by atoms with E-state index in [9.17, 15) is 4.79 Å². The summed E-state index contributed by atoms with van der Waals surface area (Å²) < 4.78 is 0. The molecule has 1 N–H and O–H groups in total. The van der Waals surface area contributed by atoms with E-state index in [0.29, 0.717) is 17.1 Å². The lowest BCUT2D eigenvalue weighted by molar-refractivity contribution is -0.117. The Hall–Kier alpha value is -3.46. The van der Waals surface area contributed by atoms with Crippen molar-refractivity contribution >= 4 is 11.6 Å². The summed E-state index contributed by atoms with van der Waals surface area (Å²) in [6.07, 6.45) is 5.34. The molecule has 0 aliphatic heterocycles. The van der Waals surface area contributed by atoms with Gasteiger partial charge in [0.25, 0.3) is 0 Å². The molecular formula is C17H13N5O. The molecule has 2 aromatic carbocycles. The number of amides is 1. The molecule has 112 valence electrons. The Kier molecular flexibility index (Phi) is 4.11.